The Hall–Kier alpha value is -3.39. The third-order valence-corrected chi connectivity index (χ3v) is 3.97. The number of ether oxygens (including phenoxy) is 1. The van der Waals surface area contributed by atoms with E-state index in [2.05, 4.69) is 20.6 Å². The predicted molar refractivity (Wildman–Crippen MR) is 104 cm³/mol. The van der Waals surface area contributed by atoms with Gasteiger partial charge in [0.05, 0.1) is 17.7 Å². The quantitative estimate of drug-likeness (QED) is 0.462. The molecule has 0 aliphatic carbocycles. The Morgan fingerprint density at radius 3 is 2.37 bits per heavy atom. The molecule has 8 nitrogen and oxygen atoms in total. The average Bonchev–Trinajstić information content (AvgIpc) is 2.64. The van der Waals surface area contributed by atoms with E-state index in [1.165, 1.54) is 13.4 Å². The standard InChI is InChI=1S/C18H16ClN5O3/c1-11-3-6-13(7-4-11)22-17-16(24(25)26)18(21-10-20-17)23-14-9-12(19)5-8-15(14)27-2/h3-10H,1-2H3,(H2,20,21,22,23). The highest BCUT2D eigenvalue weighted by molar-refractivity contribution is 6.31. The summed E-state index contributed by atoms with van der Waals surface area (Å²) >= 11 is 6.02. The monoisotopic (exact) mass is 385 g/mol. The molecule has 0 aliphatic rings. The molecule has 0 aliphatic heterocycles. The number of anilines is 4. The van der Waals surface area contributed by atoms with Gasteiger partial charge in [0.1, 0.15) is 12.1 Å². The van der Waals surface area contributed by atoms with Crippen LogP contribution in [0.3, 0.4) is 0 Å². The number of halogens is 1. The molecule has 0 atom stereocenters. The minimum atomic E-state index is -0.546. The summed E-state index contributed by atoms with van der Waals surface area (Å²) in [5, 5.41) is 18.0. The summed E-state index contributed by atoms with van der Waals surface area (Å²) < 4.78 is 5.26. The summed E-state index contributed by atoms with van der Waals surface area (Å²) in [4.78, 5) is 19.2. The van der Waals surface area contributed by atoms with Crippen LogP contribution in [0.4, 0.5) is 28.7 Å². The molecule has 0 unspecified atom stereocenters. The molecule has 0 amide bonds. The zero-order valence-corrected chi connectivity index (χ0v) is 15.3. The third kappa shape index (κ3) is 4.24. The van der Waals surface area contributed by atoms with Gasteiger partial charge >= 0.3 is 5.69 Å². The van der Waals surface area contributed by atoms with Gasteiger partial charge in [-0.2, -0.15) is 0 Å². The largest absolute Gasteiger partial charge is 0.495 e. The maximum Gasteiger partial charge on any atom is 0.353 e. The first-order chi connectivity index (χ1) is 13.0. The summed E-state index contributed by atoms with van der Waals surface area (Å²) in [5.74, 6) is 0.563. The zero-order valence-electron chi connectivity index (χ0n) is 14.6. The van der Waals surface area contributed by atoms with Gasteiger partial charge in [-0.25, -0.2) is 9.97 Å². The fraction of sp³-hybridized carbons (Fsp3) is 0.111. The second-order valence-electron chi connectivity index (χ2n) is 5.64. The van der Waals surface area contributed by atoms with E-state index in [0.717, 1.165) is 5.56 Å². The van der Waals surface area contributed by atoms with Crippen molar-refractivity contribution >= 4 is 40.3 Å². The van der Waals surface area contributed by atoms with Gasteiger partial charge in [0.25, 0.3) is 0 Å². The Labute approximate surface area is 160 Å². The number of nitrogens with zero attached hydrogens (tertiary/aromatic N) is 3. The van der Waals surface area contributed by atoms with Crippen molar-refractivity contribution in [3.63, 3.8) is 0 Å². The van der Waals surface area contributed by atoms with Gasteiger partial charge in [-0.3, -0.25) is 10.1 Å². The van der Waals surface area contributed by atoms with Gasteiger partial charge < -0.3 is 15.4 Å². The van der Waals surface area contributed by atoms with Crippen LogP contribution in [-0.2, 0) is 0 Å². The molecular weight excluding hydrogens is 370 g/mol. The Morgan fingerprint density at radius 2 is 1.74 bits per heavy atom. The molecule has 3 rings (SSSR count). The van der Waals surface area contributed by atoms with Crippen LogP contribution in [0.2, 0.25) is 5.02 Å². The molecule has 0 spiro atoms. The normalized spacial score (nSPS) is 10.3. The molecule has 27 heavy (non-hydrogen) atoms. The van der Waals surface area contributed by atoms with Gasteiger partial charge in [-0.1, -0.05) is 29.3 Å². The number of nitrogens with one attached hydrogen (secondary N) is 2. The van der Waals surface area contributed by atoms with Crippen molar-refractivity contribution in [1.29, 1.82) is 0 Å². The van der Waals surface area contributed by atoms with Crippen LogP contribution in [0.15, 0.2) is 48.8 Å². The van der Waals surface area contributed by atoms with E-state index in [1.54, 1.807) is 18.2 Å². The molecule has 1 heterocycles. The van der Waals surface area contributed by atoms with E-state index < -0.39 is 4.92 Å². The summed E-state index contributed by atoms with van der Waals surface area (Å²) in [7, 11) is 1.49. The van der Waals surface area contributed by atoms with Gasteiger partial charge in [0.2, 0.25) is 11.6 Å². The number of hydrogen-bond acceptors (Lipinski definition) is 7. The molecule has 1 aromatic heterocycles. The summed E-state index contributed by atoms with van der Waals surface area (Å²) in [6.07, 6.45) is 1.24. The molecule has 0 bridgehead atoms. The first-order valence-corrected chi connectivity index (χ1v) is 8.29. The summed E-state index contributed by atoms with van der Waals surface area (Å²) in [6.45, 7) is 1.96. The lowest BCUT2D eigenvalue weighted by Gasteiger charge is -2.12. The number of aromatic nitrogens is 2. The van der Waals surface area contributed by atoms with Crippen molar-refractivity contribution in [2.75, 3.05) is 17.7 Å². The molecule has 0 radical (unpaired) electrons. The zero-order chi connectivity index (χ0) is 19.4. The van der Waals surface area contributed by atoms with E-state index in [1.807, 2.05) is 31.2 Å². The van der Waals surface area contributed by atoms with E-state index in [0.29, 0.717) is 22.1 Å². The van der Waals surface area contributed by atoms with Crippen LogP contribution in [0, 0.1) is 17.0 Å². The van der Waals surface area contributed by atoms with Crippen LogP contribution in [-0.4, -0.2) is 22.0 Å². The van der Waals surface area contributed by atoms with E-state index >= 15 is 0 Å². The molecule has 0 saturated heterocycles. The second-order valence-corrected chi connectivity index (χ2v) is 6.07. The van der Waals surface area contributed by atoms with Crippen molar-refractivity contribution < 1.29 is 9.66 Å². The van der Waals surface area contributed by atoms with Crippen molar-refractivity contribution in [2.45, 2.75) is 6.92 Å². The Morgan fingerprint density at radius 1 is 1.07 bits per heavy atom. The van der Waals surface area contributed by atoms with Crippen molar-refractivity contribution in [3.8, 4) is 5.75 Å². The van der Waals surface area contributed by atoms with Gasteiger partial charge in [-0.05, 0) is 37.3 Å². The highest BCUT2D eigenvalue weighted by Crippen LogP contribution is 2.36. The lowest BCUT2D eigenvalue weighted by molar-refractivity contribution is -0.383. The van der Waals surface area contributed by atoms with Crippen molar-refractivity contribution in [1.82, 2.24) is 9.97 Å². The molecule has 3 aromatic rings. The van der Waals surface area contributed by atoms with Crippen LogP contribution in [0.1, 0.15) is 5.56 Å². The third-order valence-electron chi connectivity index (χ3n) is 3.73. The van der Waals surface area contributed by atoms with E-state index in [4.69, 9.17) is 16.3 Å². The predicted octanol–water partition coefficient (Wildman–Crippen LogP) is 4.84. The highest BCUT2D eigenvalue weighted by Gasteiger charge is 2.24. The van der Waals surface area contributed by atoms with Gasteiger partial charge in [0, 0.05) is 10.7 Å². The second kappa shape index (κ2) is 7.88. The lowest BCUT2D eigenvalue weighted by Crippen LogP contribution is -2.06. The number of aryl methyl sites for hydroxylation is 1. The average molecular weight is 386 g/mol. The molecule has 0 saturated carbocycles. The minimum absolute atomic E-state index is 0.0187. The number of methoxy groups -OCH3 is 1. The maximum absolute atomic E-state index is 11.7. The topological polar surface area (TPSA) is 102 Å². The van der Waals surface area contributed by atoms with Crippen molar-refractivity contribution in [3.05, 3.63) is 69.5 Å². The fourth-order valence-corrected chi connectivity index (χ4v) is 2.59. The smallest absolute Gasteiger partial charge is 0.353 e. The van der Waals surface area contributed by atoms with Gasteiger partial charge in [-0.15, -0.1) is 0 Å². The van der Waals surface area contributed by atoms with E-state index in [-0.39, 0.29) is 17.3 Å². The van der Waals surface area contributed by atoms with E-state index in [9.17, 15) is 10.1 Å². The number of benzene rings is 2. The SMILES string of the molecule is COc1ccc(Cl)cc1Nc1ncnc(Nc2ccc(C)cc2)c1[N+](=O)[O-]. The van der Waals surface area contributed by atoms with Crippen molar-refractivity contribution in [2.24, 2.45) is 0 Å². The Balaban J connectivity index is 2.00. The molecule has 2 aromatic carbocycles. The van der Waals surface area contributed by atoms with Crippen LogP contribution >= 0.6 is 11.6 Å². The molecule has 138 valence electrons. The van der Waals surface area contributed by atoms with Gasteiger partial charge in [0.15, 0.2) is 0 Å². The summed E-state index contributed by atoms with van der Waals surface area (Å²) in [6, 6.07) is 12.3. The summed E-state index contributed by atoms with van der Waals surface area (Å²) in [5.41, 5.74) is 1.91. The molecular formula is C18H16ClN5O3. The fourth-order valence-electron chi connectivity index (χ4n) is 2.41. The molecule has 0 fully saturated rings. The van der Waals surface area contributed by atoms with Crippen LogP contribution in [0.25, 0.3) is 0 Å². The lowest BCUT2D eigenvalue weighted by atomic mass is 10.2. The van der Waals surface area contributed by atoms with Crippen LogP contribution in [0.5, 0.6) is 5.75 Å². The Kier molecular flexibility index (Phi) is 5.37. The maximum atomic E-state index is 11.7. The molecule has 9 heteroatoms. The first-order valence-electron chi connectivity index (χ1n) is 7.91. The Bertz CT molecular complexity index is 979. The van der Waals surface area contributed by atoms with Crippen LogP contribution < -0.4 is 15.4 Å². The molecule has 2 N–H and O–H groups in total. The first kappa shape index (κ1) is 18.4. The minimum Gasteiger partial charge on any atom is -0.495 e. The highest BCUT2D eigenvalue weighted by atomic mass is 35.5. The number of rotatable bonds is 6. The number of hydrogen-bond donors (Lipinski definition) is 2. The number of nitro groups is 1.